The molecule has 80 valence electrons. The first-order valence-electron chi connectivity index (χ1n) is 4.84. The van der Waals surface area contributed by atoms with Gasteiger partial charge >= 0.3 is 0 Å². The second kappa shape index (κ2) is 2.68. The molecule has 1 heterocycles. The Kier molecular flexibility index (Phi) is 1.70. The molecule has 1 aromatic carbocycles. The molecule has 3 rings (SSSR count). The maximum atomic E-state index is 12.2. The summed E-state index contributed by atoms with van der Waals surface area (Å²) in [7, 11) is -3.18. The molecule has 2 aliphatic rings. The SMILES string of the molecule is O=S1(=O)c2cccc(Cl)c2NCC12CC2. The second-order valence-electron chi connectivity index (χ2n) is 4.15. The first-order valence-corrected chi connectivity index (χ1v) is 6.70. The van der Waals surface area contributed by atoms with E-state index in [0.29, 0.717) is 22.2 Å². The minimum Gasteiger partial charge on any atom is -0.381 e. The van der Waals surface area contributed by atoms with Crippen LogP contribution in [0.5, 0.6) is 0 Å². The summed E-state index contributed by atoms with van der Waals surface area (Å²) in [5.74, 6) is 0. The highest BCUT2D eigenvalue weighted by molar-refractivity contribution is 7.93. The fourth-order valence-electron chi connectivity index (χ4n) is 2.06. The zero-order valence-electron chi connectivity index (χ0n) is 7.96. The molecule has 0 bridgehead atoms. The van der Waals surface area contributed by atoms with Crippen LogP contribution in [0.4, 0.5) is 5.69 Å². The number of benzene rings is 1. The van der Waals surface area contributed by atoms with Gasteiger partial charge in [-0.2, -0.15) is 0 Å². The number of rotatable bonds is 0. The molecule has 1 aliphatic carbocycles. The molecule has 5 heteroatoms. The number of halogens is 1. The predicted octanol–water partition coefficient (Wildman–Crippen LogP) is 2.07. The smallest absolute Gasteiger partial charge is 0.187 e. The van der Waals surface area contributed by atoms with Crippen LogP contribution >= 0.6 is 11.6 Å². The number of anilines is 1. The van der Waals surface area contributed by atoms with E-state index in [-0.39, 0.29) is 0 Å². The molecule has 1 aromatic rings. The van der Waals surface area contributed by atoms with Crippen LogP contribution < -0.4 is 5.32 Å². The van der Waals surface area contributed by atoms with Crippen LogP contribution in [-0.4, -0.2) is 19.7 Å². The number of hydrogen-bond acceptors (Lipinski definition) is 3. The number of para-hydroxylation sites is 1. The van der Waals surface area contributed by atoms with Crippen LogP contribution in [-0.2, 0) is 9.84 Å². The topological polar surface area (TPSA) is 46.2 Å². The van der Waals surface area contributed by atoms with E-state index < -0.39 is 14.6 Å². The number of sulfone groups is 1. The largest absolute Gasteiger partial charge is 0.381 e. The van der Waals surface area contributed by atoms with Crippen molar-refractivity contribution in [2.24, 2.45) is 0 Å². The third-order valence-electron chi connectivity index (χ3n) is 3.23. The zero-order chi connectivity index (χ0) is 10.7. The van der Waals surface area contributed by atoms with E-state index in [1.54, 1.807) is 18.2 Å². The van der Waals surface area contributed by atoms with E-state index >= 15 is 0 Å². The molecular weight excluding hydrogens is 234 g/mol. The van der Waals surface area contributed by atoms with Crippen molar-refractivity contribution >= 4 is 27.1 Å². The van der Waals surface area contributed by atoms with Crippen molar-refractivity contribution < 1.29 is 8.42 Å². The Morgan fingerprint density at radius 2 is 2.07 bits per heavy atom. The van der Waals surface area contributed by atoms with Crippen LogP contribution in [0.15, 0.2) is 23.1 Å². The van der Waals surface area contributed by atoms with Gasteiger partial charge in [0.1, 0.15) is 0 Å². The van der Waals surface area contributed by atoms with Crippen LogP contribution in [0.25, 0.3) is 0 Å². The lowest BCUT2D eigenvalue weighted by molar-refractivity contribution is 0.576. The molecule has 0 unspecified atom stereocenters. The first-order chi connectivity index (χ1) is 7.07. The number of fused-ring (bicyclic) bond motifs is 1. The maximum absolute atomic E-state index is 12.2. The number of nitrogens with one attached hydrogen (secondary N) is 1. The van der Waals surface area contributed by atoms with E-state index in [2.05, 4.69) is 5.32 Å². The molecule has 0 amide bonds. The molecule has 0 radical (unpaired) electrons. The standard InChI is InChI=1S/C10H10ClNO2S/c11-7-2-1-3-8-9(7)12-6-10(4-5-10)15(8,13)14/h1-3,12H,4-6H2. The summed E-state index contributed by atoms with van der Waals surface area (Å²) < 4.78 is 23.9. The van der Waals surface area contributed by atoms with Gasteiger partial charge in [-0.15, -0.1) is 0 Å². The molecule has 1 spiro atoms. The van der Waals surface area contributed by atoms with E-state index in [1.165, 1.54) is 0 Å². The summed E-state index contributed by atoms with van der Waals surface area (Å²) in [6.07, 6.45) is 1.52. The summed E-state index contributed by atoms with van der Waals surface area (Å²) >= 11 is 5.96. The summed E-state index contributed by atoms with van der Waals surface area (Å²) in [5, 5.41) is 3.61. The highest BCUT2D eigenvalue weighted by Crippen LogP contribution is 2.51. The van der Waals surface area contributed by atoms with Gasteiger partial charge in [-0.3, -0.25) is 0 Å². The molecule has 1 fully saturated rings. The quantitative estimate of drug-likeness (QED) is 0.759. The van der Waals surface area contributed by atoms with Crippen LogP contribution in [0.2, 0.25) is 5.02 Å². The van der Waals surface area contributed by atoms with Crippen LogP contribution in [0, 0.1) is 0 Å². The molecule has 15 heavy (non-hydrogen) atoms. The van der Waals surface area contributed by atoms with Crippen molar-refractivity contribution in [2.45, 2.75) is 22.5 Å². The lowest BCUT2D eigenvalue weighted by Crippen LogP contribution is -2.36. The van der Waals surface area contributed by atoms with Crippen molar-refractivity contribution in [1.29, 1.82) is 0 Å². The van der Waals surface area contributed by atoms with Crippen molar-refractivity contribution in [1.82, 2.24) is 0 Å². The maximum Gasteiger partial charge on any atom is 0.187 e. The average Bonchev–Trinajstić information content (AvgIpc) is 2.95. The molecule has 1 saturated carbocycles. The van der Waals surface area contributed by atoms with Gasteiger partial charge in [0, 0.05) is 6.54 Å². The molecule has 1 aliphatic heterocycles. The second-order valence-corrected chi connectivity index (χ2v) is 6.87. The van der Waals surface area contributed by atoms with Crippen LogP contribution in [0.1, 0.15) is 12.8 Å². The van der Waals surface area contributed by atoms with E-state index in [1.807, 2.05) is 0 Å². The monoisotopic (exact) mass is 243 g/mol. The summed E-state index contributed by atoms with van der Waals surface area (Å²) in [6, 6.07) is 5.01. The van der Waals surface area contributed by atoms with Crippen molar-refractivity contribution in [3.8, 4) is 0 Å². The van der Waals surface area contributed by atoms with Gasteiger partial charge in [-0.1, -0.05) is 17.7 Å². The molecule has 0 atom stereocenters. The van der Waals surface area contributed by atoms with Gasteiger partial charge in [0.2, 0.25) is 0 Å². The van der Waals surface area contributed by atoms with Gasteiger partial charge in [-0.25, -0.2) is 8.42 Å². The van der Waals surface area contributed by atoms with Crippen molar-refractivity contribution in [2.75, 3.05) is 11.9 Å². The van der Waals surface area contributed by atoms with Crippen LogP contribution in [0.3, 0.4) is 0 Å². The fourth-order valence-corrected chi connectivity index (χ4v) is 4.44. The first kappa shape index (κ1) is 9.48. The Balaban J connectivity index is 2.29. The Morgan fingerprint density at radius 3 is 2.73 bits per heavy atom. The third-order valence-corrected chi connectivity index (χ3v) is 6.16. The fraction of sp³-hybridized carbons (Fsp3) is 0.400. The van der Waals surface area contributed by atoms with E-state index in [9.17, 15) is 8.42 Å². The van der Waals surface area contributed by atoms with E-state index in [4.69, 9.17) is 11.6 Å². The molecule has 0 aromatic heterocycles. The summed E-state index contributed by atoms with van der Waals surface area (Å²) in [4.78, 5) is 0.360. The molecule has 1 N–H and O–H groups in total. The van der Waals surface area contributed by atoms with Gasteiger partial charge in [0.05, 0.1) is 20.4 Å². The Labute approximate surface area is 93.4 Å². The molecular formula is C10H10ClNO2S. The zero-order valence-corrected chi connectivity index (χ0v) is 9.53. The average molecular weight is 244 g/mol. The lowest BCUT2D eigenvalue weighted by Gasteiger charge is -2.26. The van der Waals surface area contributed by atoms with Gasteiger partial charge in [-0.05, 0) is 25.0 Å². The highest BCUT2D eigenvalue weighted by atomic mass is 35.5. The van der Waals surface area contributed by atoms with Crippen molar-refractivity contribution in [3.05, 3.63) is 23.2 Å². The molecule has 0 saturated heterocycles. The summed E-state index contributed by atoms with van der Waals surface area (Å²) in [5.41, 5.74) is 0.566. The van der Waals surface area contributed by atoms with Gasteiger partial charge < -0.3 is 5.32 Å². The molecule has 3 nitrogen and oxygen atoms in total. The normalized spacial score (nSPS) is 24.3. The Morgan fingerprint density at radius 1 is 1.33 bits per heavy atom. The van der Waals surface area contributed by atoms with Gasteiger partial charge in [0.15, 0.2) is 9.84 Å². The summed E-state index contributed by atoms with van der Waals surface area (Å²) in [6.45, 7) is 0.492. The Hall–Kier alpha value is -0.740. The predicted molar refractivity (Wildman–Crippen MR) is 59.1 cm³/mol. The number of hydrogen-bond donors (Lipinski definition) is 1. The highest BCUT2D eigenvalue weighted by Gasteiger charge is 2.57. The minimum atomic E-state index is -3.18. The Bertz CT molecular complexity index is 534. The minimum absolute atomic E-state index is 0.360. The van der Waals surface area contributed by atoms with Crippen molar-refractivity contribution in [3.63, 3.8) is 0 Å². The van der Waals surface area contributed by atoms with E-state index in [0.717, 1.165) is 12.8 Å². The van der Waals surface area contributed by atoms with Gasteiger partial charge in [0.25, 0.3) is 0 Å². The lowest BCUT2D eigenvalue weighted by atomic mass is 10.3. The third kappa shape index (κ3) is 1.09.